The number of piperidine rings is 1. The largest absolute Gasteiger partial charge is 0.497 e. The summed E-state index contributed by atoms with van der Waals surface area (Å²) >= 11 is 0. The van der Waals surface area contributed by atoms with Crippen LogP contribution < -0.4 is 10.1 Å². The van der Waals surface area contributed by atoms with Gasteiger partial charge in [-0.1, -0.05) is 26.0 Å². The lowest BCUT2D eigenvalue weighted by atomic mass is 9.80. The molecule has 1 aromatic rings. The number of hydrogen-bond donors (Lipinski definition) is 1. The maximum atomic E-state index is 12.2. The molecule has 1 aliphatic rings. The third kappa shape index (κ3) is 3.84. The van der Waals surface area contributed by atoms with Gasteiger partial charge in [-0.2, -0.15) is 0 Å². The number of carbonyl (C=O) groups is 2. The molecule has 0 radical (unpaired) electrons. The lowest BCUT2D eigenvalue weighted by Gasteiger charge is -2.43. The SMILES string of the molecule is COc1ccc(C2(NC(C)=O)CCN(C(=O)C(C)C)CC2)cc1. The van der Waals surface area contributed by atoms with Gasteiger partial charge in [0, 0.05) is 25.9 Å². The van der Waals surface area contributed by atoms with Crippen LogP contribution in [0, 0.1) is 5.92 Å². The van der Waals surface area contributed by atoms with Crippen molar-refractivity contribution in [2.75, 3.05) is 20.2 Å². The molecule has 23 heavy (non-hydrogen) atoms. The maximum Gasteiger partial charge on any atom is 0.225 e. The molecule has 2 rings (SSSR count). The Kier molecular flexibility index (Phi) is 5.29. The maximum absolute atomic E-state index is 12.2. The average molecular weight is 318 g/mol. The van der Waals surface area contributed by atoms with Crippen molar-refractivity contribution in [3.63, 3.8) is 0 Å². The molecule has 0 saturated carbocycles. The molecule has 5 heteroatoms. The molecule has 1 aromatic carbocycles. The number of amides is 2. The fourth-order valence-electron chi connectivity index (χ4n) is 3.21. The van der Waals surface area contributed by atoms with Crippen molar-refractivity contribution in [3.05, 3.63) is 29.8 Å². The Labute approximate surface area is 138 Å². The van der Waals surface area contributed by atoms with E-state index in [-0.39, 0.29) is 17.7 Å². The van der Waals surface area contributed by atoms with Crippen molar-refractivity contribution >= 4 is 11.8 Å². The zero-order chi connectivity index (χ0) is 17.0. The highest BCUT2D eigenvalue weighted by Crippen LogP contribution is 2.34. The van der Waals surface area contributed by atoms with Crippen LogP contribution >= 0.6 is 0 Å². The van der Waals surface area contributed by atoms with Gasteiger partial charge in [-0.25, -0.2) is 0 Å². The van der Waals surface area contributed by atoms with Crippen LogP contribution in [0.2, 0.25) is 0 Å². The van der Waals surface area contributed by atoms with Crippen molar-refractivity contribution in [2.24, 2.45) is 5.92 Å². The second kappa shape index (κ2) is 7.02. The fraction of sp³-hybridized carbons (Fsp3) is 0.556. The van der Waals surface area contributed by atoms with E-state index in [9.17, 15) is 9.59 Å². The molecule has 5 nitrogen and oxygen atoms in total. The Balaban J connectivity index is 2.21. The normalized spacial score (nSPS) is 17.0. The molecule has 2 amide bonds. The number of carbonyl (C=O) groups excluding carboxylic acids is 2. The van der Waals surface area contributed by atoms with Gasteiger partial charge >= 0.3 is 0 Å². The highest BCUT2D eigenvalue weighted by atomic mass is 16.5. The minimum atomic E-state index is -0.411. The van der Waals surface area contributed by atoms with E-state index in [2.05, 4.69) is 5.32 Å². The number of ether oxygens (including phenoxy) is 1. The molecule has 1 saturated heterocycles. The van der Waals surface area contributed by atoms with E-state index in [0.29, 0.717) is 13.1 Å². The van der Waals surface area contributed by atoms with Crippen molar-refractivity contribution < 1.29 is 14.3 Å². The first-order valence-electron chi connectivity index (χ1n) is 8.10. The summed E-state index contributed by atoms with van der Waals surface area (Å²) in [6.45, 7) is 6.69. The van der Waals surface area contributed by atoms with Gasteiger partial charge in [-0.3, -0.25) is 9.59 Å². The van der Waals surface area contributed by atoms with Gasteiger partial charge in [0.05, 0.1) is 12.6 Å². The molecule has 1 fully saturated rings. The zero-order valence-electron chi connectivity index (χ0n) is 14.4. The summed E-state index contributed by atoms with van der Waals surface area (Å²) in [4.78, 5) is 25.8. The molecule has 0 bridgehead atoms. The van der Waals surface area contributed by atoms with Crippen LogP contribution in [0.1, 0.15) is 39.2 Å². The summed E-state index contributed by atoms with van der Waals surface area (Å²) in [5.74, 6) is 0.920. The van der Waals surface area contributed by atoms with Gasteiger partial charge in [0.2, 0.25) is 11.8 Å². The summed E-state index contributed by atoms with van der Waals surface area (Å²) in [6, 6.07) is 7.80. The smallest absolute Gasteiger partial charge is 0.225 e. The predicted molar refractivity (Wildman–Crippen MR) is 89.1 cm³/mol. The van der Waals surface area contributed by atoms with Crippen LogP contribution in [0.3, 0.4) is 0 Å². The quantitative estimate of drug-likeness (QED) is 0.927. The Morgan fingerprint density at radius 3 is 2.17 bits per heavy atom. The highest BCUT2D eigenvalue weighted by Gasteiger charge is 2.38. The molecule has 0 atom stereocenters. The summed E-state index contributed by atoms with van der Waals surface area (Å²) in [5, 5.41) is 3.12. The van der Waals surface area contributed by atoms with Crippen LogP contribution in [0.5, 0.6) is 5.75 Å². The summed E-state index contributed by atoms with van der Waals surface area (Å²) in [6.07, 6.45) is 1.44. The number of nitrogens with zero attached hydrogens (tertiary/aromatic N) is 1. The molecular weight excluding hydrogens is 292 g/mol. The third-order valence-corrected chi connectivity index (χ3v) is 4.48. The molecule has 0 aliphatic carbocycles. The summed E-state index contributed by atoms with van der Waals surface area (Å²) in [5.41, 5.74) is 0.649. The number of hydrogen-bond acceptors (Lipinski definition) is 3. The minimum absolute atomic E-state index is 0.00394. The van der Waals surface area contributed by atoms with Crippen LogP contribution in [0.25, 0.3) is 0 Å². The average Bonchev–Trinajstić information content (AvgIpc) is 2.54. The van der Waals surface area contributed by atoms with E-state index >= 15 is 0 Å². The van der Waals surface area contributed by atoms with Gasteiger partial charge in [-0.05, 0) is 30.5 Å². The van der Waals surface area contributed by atoms with Crippen LogP contribution in [0.15, 0.2) is 24.3 Å². The van der Waals surface area contributed by atoms with Crippen molar-refractivity contribution in [1.82, 2.24) is 10.2 Å². The topological polar surface area (TPSA) is 58.6 Å². The van der Waals surface area contributed by atoms with E-state index in [1.807, 2.05) is 43.0 Å². The number of rotatable bonds is 4. The molecule has 0 aromatic heterocycles. The number of methoxy groups -OCH3 is 1. The van der Waals surface area contributed by atoms with Gasteiger partial charge < -0.3 is 15.0 Å². The Morgan fingerprint density at radius 2 is 1.74 bits per heavy atom. The molecule has 126 valence electrons. The number of nitrogens with one attached hydrogen (secondary N) is 1. The molecule has 1 N–H and O–H groups in total. The van der Waals surface area contributed by atoms with Crippen molar-refractivity contribution in [1.29, 1.82) is 0 Å². The standard InChI is InChI=1S/C18H26N2O3/c1-13(2)17(22)20-11-9-18(10-12-20,19-14(3)21)15-5-7-16(23-4)8-6-15/h5-8,13H,9-12H2,1-4H3,(H,19,21). The lowest BCUT2D eigenvalue weighted by molar-refractivity contribution is -0.136. The fourth-order valence-corrected chi connectivity index (χ4v) is 3.21. The second-order valence-corrected chi connectivity index (χ2v) is 6.47. The second-order valence-electron chi connectivity index (χ2n) is 6.47. The Morgan fingerprint density at radius 1 is 1.17 bits per heavy atom. The third-order valence-electron chi connectivity index (χ3n) is 4.48. The number of likely N-dealkylation sites (tertiary alicyclic amines) is 1. The lowest BCUT2D eigenvalue weighted by Crippen LogP contribution is -2.54. The van der Waals surface area contributed by atoms with Gasteiger partial charge in [0.15, 0.2) is 0 Å². The predicted octanol–water partition coefficient (Wildman–Crippen LogP) is 2.30. The molecule has 1 aliphatic heterocycles. The van der Waals surface area contributed by atoms with Crippen LogP contribution in [-0.4, -0.2) is 36.9 Å². The summed E-state index contributed by atoms with van der Waals surface area (Å²) < 4.78 is 5.21. The van der Waals surface area contributed by atoms with E-state index in [0.717, 1.165) is 24.2 Å². The van der Waals surface area contributed by atoms with E-state index in [4.69, 9.17) is 4.74 Å². The van der Waals surface area contributed by atoms with E-state index < -0.39 is 5.54 Å². The van der Waals surface area contributed by atoms with Crippen LogP contribution in [-0.2, 0) is 15.1 Å². The summed E-state index contributed by atoms with van der Waals surface area (Å²) in [7, 11) is 1.63. The van der Waals surface area contributed by atoms with Gasteiger partial charge in [0.1, 0.15) is 5.75 Å². The van der Waals surface area contributed by atoms with Gasteiger partial charge in [0.25, 0.3) is 0 Å². The van der Waals surface area contributed by atoms with Crippen molar-refractivity contribution in [3.8, 4) is 5.75 Å². The first kappa shape index (κ1) is 17.3. The minimum Gasteiger partial charge on any atom is -0.497 e. The Hall–Kier alpha value is -2.04. The first-order valence-corrected chi connectivity index (χ1v) is 8.10. The van der Waals surface area contributed by atoms with Crippen molar-refractivity contribution in [2.45, 2.75) is 39.2 Å². The zero-order valence-corrected chi connectivity index (χ0v) is 14.4. The molecule has 1 heterocycles. The van der Waals surface area contributed by atoms with Crippen LogP contribution in [0.4, 0.5) is 0 Å². The van der Waals surface area contributed by atoms with E-state index in [1.54, 1.807) is 7.11 Å². The first-order chi connectivity index (χ1) is 10.9. The highest BCUT2D eigenvalue weighted by molar-refractivity contribution is 5.78. The Bertz CT molecular complexity index is 558. The molecule has 0 spiro atoms. The number of benzene rings is 1. The monoisotopic (exact) mass is 318 g/mol. The van der Waals surface area contributed by atoms with E-state index in [1.165, 1.54) is 6.92 Å². The van der Waals surface area contributed by atoms with Gasteiger partial charge in [-0.15, -0.1) is 0 Å². The molecule has 0 unspecified atom stereocenters. The molecular formula is C18H26N2O3.